The molecule has 1 aliphatic rings. The summed E-state index contributed by atoms with van der Waals surface area (Å²) in [7, 11) is 0. The lowest BCUT2D eigenvalue weighted by molar-refractivity contribution is -0.0446. The van der Waals surface area contributed by atoms with Crippen LogP contribution in [0.3, 0.4) is 0 Å². The molecule has 2 heteroatoms. The van der Waals surface area contributed by atoms with Crippen molar-refractivity contribution in [1.29, 1.82) is 0 Å². The number of hydrogen-bond acceptors (Lipinski definition) is 2. The Hall–Kier alpha value is -0.0800. The standard InChI is InChI=1S/C7H14O2.C2H6/c1-2-6-3-4-9-5-7(6)8;1-2/h6-8H,2-5H2,1H3;1-2H3. The van der Waals surface area contributed by atoms with E-state index in [9.17, 15) is 5.11 Å². The fraction of sp³-hybridized carbons (Fsp3) is 1.00. The zero-order chi connectivity index (χ0) is 8.69. The van der Waals surface area contributed by atoms with Gasteiger partial charge < -0.3 is 9.84 Å². The minimum absolute atomic E-state index is 0.205. The predicted molar refractivity (Wildman–Crippen MR) is 46.6 cm³/mol. The molecule has 0 spiro atoms. The molecule has 0 aliphatic carbocycles. The van der Waals surface area contributed by atoms with Crippen LogP contribution >= 0.6 is 0 Å². The van der Waals surface area contributed by atoms with Gasteiger partial charge in [-0.15, -0.1) is 0 Å². The Morgan fingerprint density at radius 1 is 1.45 bits per heavy atom. The molecule has 0 amide bonds. The molecule has 1 aliphatic heterocycles. The highest BCUT2D eigenvalue weighted by atomic mass is 16.5. The summed E-state index contributed by atoms with van der Waals surface area (Å²) in [5.41, 5.74) is 0. The van der Waals surface area contributed by atoms with E-state index in [1.165, 1.54) is 0 Å². The minimum atomic E-state index is -0.205. The number of rotatable bonds is 1. The number of aliphatic hydroxyl groups is 1. The Balaban J connectivity index is 0.000000461. The fourth-order valence-electron chi connectivity index (χ4n) is 1.24. The van der Waals surface area contributed by atoms with Gasteiger partial charge in [0.25, 0.3) is 0 Å². The van der Waals surface area contributed by atoms with E-state index in [0.717, 1.165) is 19.4 Å². The maximum Gasteiger partial charge on any atom is 0.0802 e. The molecule has 68 valence electrons. The van der Waals surface area contributed by atoms with Gasteiger partial charge in [-0.05, 0) is 12.3 Å². The van der Waals surface area contributed by atoms with Crippen molar-refractivity contribution in [3.63, 3.8) is 0 Å². The highest BCUT2D eigenvalue weighted by molar-refractivity contribution is 4.70. The first-order valence-corrected chi connectivity index (χ1v) is 4.60. The van der Waals surface area contributed by atoms with Crippen LogP contribution in [-0.2, 0) is 4.74 Å². The molecule has 0 aromatic rings. The smallest absolute Gasteiger partial charge is 0.0802 e. The second-order valence-corrected chi connectivity index (χ2v) is 2.60. The molecule has 2 nitrogen and oxygen atoms in total. The lowest BCUT2D eigenvalue weighted by Crippen LogP contribution is -2.31. The van der Waals surface area contributed by atoms with Crippen molar-refractivity contribution in [2.24, 2.45) is 5.92 Å². The van der Waals surface area contributed by atoms with Gasteiger partial charge >= 0.3 is 0 Å². The highest BCUT2D eigenvalue weighted by Crippen LogP contribution is 2.17. The molecule has 1 heterocycles. The second kappa shape index (κ2) is 6.62. The van der Waals surface area contributed by atoms with Gasteiger partial charge in [-0.2, -0.15) is 0 Å². The van der Waals surface area contributed by atoms with Crippen LogP contribution in [0.2, 0.25) is 0 Å². The van der Waals surface area contributed by atoms with Gasteiger partial charge in [0, 0.05) is 6.61 Å². The van der Waals surface area contributed by atoms with Gasteiger partial charge in [-0.1, -0.05) is 27.2 Å². The van der Waals surface area contributed by atoms with Crippen molar-refractivity contribution in [3.8, 4) is 0 Å². The first-order valence-electron chi connectivity index (χ1n) is 4.60. The summed E-state index contributed by atoms with van der Waals surface area (Å²) >= 11 is 0. The third-order valence-electron chi connectivity index (χ3n) is 1.99. The molecule has 1 rings (SSSR count). The third kappa shape index (κ3) is 3.73. The lowest BCUT2D eigenvalue weighted by atomic mass is 9.95. The van der Waals surface area contributed by atoms with Crippen LogP contribution in [0.1, 0.15) is 33.6 Å². The molecule has 2 atom stereocenters. The maximum atomic E-state index is 9.24. The normalized spacial score (nSPS) is 30.5. The monoisotopic (exact) mass is 160 g/mol. The molecular formula is C9H20O2. The van der Waals surface area contributed by atoms with Crippen LogP contribution in [0.15, 0.2) is 0 Å². The van der Waals surface area contributed by atoms with Crippen molar-refractivity contribution in [2.45, 2.75) is 39.7 Å². The van der Waals surface area contributed by atoms with Crippen LogP contribution in [0.25, 0.3) is 0 Å². The Morgan fingerprint density at radius 2 is 2.09 bits per heavy atom. The van der Waals surface area contributed by atoms with Gasteiger partial charge in [0.2, 0.25) is 0 Å². The van der Waals surface area contributed by atoms with E-state index in [4.69, 9.17) is 4.74 Å². The van der Waals surface area contributed by atoms with E-state index in [1.54, 1.807) is 0 Å². The topological polar surface area (TPSA) is 29.5 Å². The molecule has 1 saturated heterocycles. The van der Waals surface area contributed by atoms with Crippen molar-refractivity contribution in [1.82, 2.24) is 0 Å². The highest BCUT2D eigenvalue weighted by Gasteiger charge is 2.21. The Labute approximate surface area is 69.6 Å². The quantitative estimate of drug-likeness (QED) is 0.634. The summed E-state index contributed by atoms with van der Waals surface area (Å²) in [6.45, 7) is 7.48. The van der Waals surface area contributed by atoms with Crippen molar-refractivity contribution >= 4 is 0 Å². The van der Waals surface area contributed by atoms with E-state index >= 15 is 0 Å². The molecular weight excluding hydrogens is 140 g/mol. The average molecular weight is 160 g/mol. The van der Waals surface area contributed by atoms with Gasteiger partial charge in [-0.3, -0.25) is 0 Å². The molecule has 0 aromatic heterocycles. The number of ether oxygens (including phenoxy) is 1. The van der Waals surface area contributed by atoms with E-state index < -0.39 is 0 Å². The van der Waals surface area contributed by atoms with Crippen LogP contribution in [0.5, 0.6) is 0 Å². The summed E-state index contributed by atoms with van der Waals surface area (Å²) in [5, 5.41) is 9.24. The van der Waals surface area contributed by atoms with Crippen molar-refractivity contribution < 1.29 is 9.84 Å². The summed E-state index contributed by atoms with van der Waals surface area (Å²) in [6.07, 6.45) is 1.89. The second-order valence-electron chi connectivity index (χ2n) is 2.60. The van der Waals surface area contributed by atoms with Crippen molar-refractivity contribution in [2.75, 3.05) is 13.2 Å². The van der Waals surface area contributed by atoms with E-state index in [-0.39, 0.29) is 6.10 Å². The van der Waals surface area contributed by atoms with E-state index in [1.807, 2.05) is 13.8 Å². The molecule has 0 aromatic carbocycles. The lowest BCUT2D eigenvalue weighted by Gasteiger charge is -2.26. The fourth-order valence-corrected chi connectivity index (χ4v) is 1.24. The molecule has 0 radical (unpaired) electrons. The van der Waals surface area contributed by atoms with E-state index in [2.05, 4.69) is 6.92 Å². The molecule has 2 unspecified atom stereocenters. The Bertz CT molecular complexity index is 83.6. The largest absolute Gasteiger partial charge is 0.390 e. The average Bonchev–Trinajstić information content (AvgIpc) is 2.09. The minimum Gasteiger partial charge on any atom is -0.390 e. The zero-order valence-corrected chi connectivity index (χ0v) is 7.84. The Morgan fingerprint density at radius 3 is 2.45 bits per heavy atom. The van der Waals surface area contributed by atoms with Crippen LogP contribution in [0, 0.1) is 5.92 Å². The van der Waals surface area contributed by atoms with Crippen LogP contribution < -0.4 is 0 Å². The summed E-state index contributed by atoms with van der Waals surface area (Å²) in [5.74, 6) is 0.485. The first kappa shape index (κ1) is 10.9. The maximum absolute atomic E-state index is 9.24. The zero-order valence-electron chi connectivity index (χ0n) is 7.84. The SMILES string of the molecule is CC.CCC1CCOCC1O. The van der Waals surface area contributed by atoms with E-state index in [0.29, 0.717) is 12.5 Å². The molecule has 0 saturated carbocycles. The van der Waals surface area contributed by atoms with Crippen molar-refractivity contribution in [3.05, 3.63) is 0 Å². The number of aliphatic hydroxyl groups excluding tert-OH is 1. The van der Waals surface area contributed by atoms with Gasteiger partial charge in [0.1, 0.15) is 0 Å². The molecule has 1 N–H and O–H groups in total. The first-order chi connectivity index (χ1) is 5.34. The molecule has 0 bridgehead atoms. The van der Waals surface area contributed by atoms with Gasteiger partial charge in [-0.25, -0.2) is 0 Å². The van der Waals surface area contributed by atoms with Gasteiger partial charge in [0.15, 0.2) is 0 Å². The molecule has 1 fully saturated rings. The summed E-state index contributed by atoms with van der Waals surface area (Å²) in [6, 6.07) is 0. The van der Waals surface area contributed by atoms with Crippen LogP contribution in [-0.4, -0.2) is 24.4 Å². The number of hydrogen-bond donors (Lipinski definition) is 1. The third-order valence-corrected chi connectivity index (χ3v) is 1.99. The Kier molecular flexibility index (Phi) is 6.57. The van der Waals surface area contributed by atoms with Crippen LogP contribution in [0.4, 0.5) is 0 Å². The summed E-state index contributed by atoms with van der Waals surface area (Å²) < 4.78 is 5.06. The summed E-state index contributed by atoms with van der Waals surface area (Å²) in [4.78, 5) is 0. The predicted octanol–water partition coefficient (Wildman–Crippen LogP) is 1.82. The van der Waals surface area contributed by atoms with Gasteiger partial charge in [0.05, 0.1) is 12.7 Å². The molecule has 11 heavy (non-hydrogen) atoms.